The largest absolute Gasteiger partial charge is 0.480 e. The highest BCUT2D eigenvalue weighted by Crippen LogP contribution is 2.23. The summed E-state index contributed by atoms with van der Waals surface area (Å²) >= 11 is 0. The van der Waals surface area contributed by atoms with Crippen LogP contribution >= 0.6 is 0 Å². The molecule has 2 N–H and O–H groups in total. The summed E-state index contributed by atoms with van der Waals surface area (Å²) in [5, 5.41) is 12.5. The minimum absolute atomic E-state index is 0.0588. The number of nitrogens with one attached hydrogen (secondary N) is 1. The van der Waals surface area contributed by atoms with Crippen LogP contribution < -0.4 is 11.0 Å². The van der Waals surface area contributed by atoms with Gasteiger partial charge in [0.1, 0.15) is 6.54 Å². The second-order valence-corrected chi connectivity index (χ2v) is 6.54. The second kappa shape index (κ2) is 6.74. The number of piperidine rings is 1. The van der Waals surface area contributed by atoms with Crippen molar-refractivity contribution < 1.29 is 9.90 Å². The quantitative estimate of drug-likeness (QED) is 0.816. The standard InChI is InChI=1S/C16H23N5O3/c1-19(2)9-11-7-13-15(18-8-11)21(12-3-5-17-6-4-12)16(24)20(13)10-14(22)23/h7-8,12,17H,3-6,9-10H2,1-2H3,(H,22,23). The number of carboxylic acid groups (broad SMARTS) is 1. The van der Waals surface area contributed by atoms with E-state index in [9.17, 15) is 14.7 Å². The van der Waals surface area contributed by atoms with Gasteiger partial charge in [-0.2, -0.15) is 0 Å². The van der Waals surface area contributed by atoms with Gasteiger partial charge in [0.15, 0.2) is 5.65 Å². The first-order valence-corrected chi connectivity index (χ1v) is 8.14. The van der Waals surface area contributed by atoms with Crippen LogP contribution in [0.5, 0.6) is 0 Å². The molecule has 8 heteroatoms. The molecule has 1 aliphatic heterocycles. The molecule has 1 saturated heterocycles. The zero-order chi connectivity index (χ0) is 17.3. The first-order valence-electron chi connectivity index (χ1n) is 8.14. The first kappa shape index (κ1) is 16.7. The molecule has 130 valence electrons. The highest BCUT2D eigenvalue weighted by molar-refractivity contribution is 5.75. The molecule has 3 rings (SSSR count). The number of imidazole rings is 1. The Hall–Kier alpha value is -2.19. The molecule has 0 saturated carbocycles. The number of rotatable bonds is 5. The van der Waals surface area contributed by atoms with Crippen LogP contribution in [0.3, 0.4) is 0 Å². The number of aliphatic carboxylic acids is 1. The molecule has 1 aliphatic rings. The third kappa shape index (κ3) is 3.20. The molecule has 1 fully saturated rings. The van der Waals surface area contributed by atoms with E-state index in [0.29, 0.717) is 17.7 Å². The van der Waals surface area contributed by atoms with Crippen molar-refractivity contribution in [2.24, 2.45) is 0 Å². The fourth-order valence-corrected chi connectivity index (χ4v) is 3.33. The lowest BCUT2D eigenvalue weighted by Crippen LogP contribution is -2.35. The smallest absolute Gasteiger partial charge is 0.331 e. The van der Waals surface area contributed by atoms with Gasteiger partial charge in [0.2, 0.25) is 0 Å². The summed E-state index contributed by atoms with van der Waals surface area (Å²) in [5.74, 6) is -1.03. The summed E-state index contributed by atoms with van der Waals surface area (Å²) in [6, 6.07) is 1.94. The molecule has 2 aromatic heterocycles. The summed E-state index contributed by atoms with van der Waals surface area (Å²) in [7, 11) is 3.91. The molecular weight excluding hydrogens is 310 g/mol. The predicted molar refractivity (Wildman–Crippen MR) is 90.2 cm³/mol. The van der Waals surface area contributed by atoms with Gasteiger partial charge in [0.05, 0.1) is 5.52 Å². The Morgan fingerprint density at radius 1 is 1.42 bits per heavy atom. The van der Waals surface area contributed by atoms with E-state index in [1.54, 1.807) is 10.8 Å². The molecule has 0 amide bonds. The lowest BCUT2D eigenvalue weighted by Gasteiger charge is -2.23. The van der Waals surface area contributed by atoms with Crippen molar-refractivity contribution in [3.8, 4) is 0 Å². The van der Waals surface area contributed by atoms with Crippen LogP contribution in [-0.2, 0) is 17.9 Å². The van der Waals surface area contributed by atoms with E-state index in [2.05, 4.69) is 10.3 Å². The number of nitrogens with zero attached hydrogens (tertiary/aromatic N) is 4. The molecule has 0 atom stereocenters. The fraction of sp³-hybridized carbons (Fsp3) is 0.562. The molecule has 0 aliphatic carbocycles. The average molecular weight is 333 g/mol. The Labute approximate surface area is 139 Å². The summed E-state index contributed by atoms with van der Waals surface area (Å²) in [4.78, 5) is 30.6. The zero-order valence-corrected chi connectivity index (χ0v) is 14.0. The Morgan fingerprint density at radius 3 is 2.75 bits per heavy atom. The van der Waals surface area contributed by atoms with E-state index in [-0.39, 0.29) is 18.3 Å². The maximum atomic E-state index is 12.8. The van der Waals surface area contributed by atoms with Gasteiger partial charge in [0.25, 0.3) is 0 Å². The normalized spacial score (nSPS) is 16.1. The van der Waals surface area contributed by atoms with Crippen LogP contribution in [0.15, 0.2) is 17.1 Å². The van der Waals surface area contributed by atoms with Gasteiger partial charge in [-0.15, -0.1) is 0 Å². The molecule has 2 aromatic rings. The fourth-order valence-electron chi connectivity index (χ4n) is 3.33. The number of hydrogen-bond acceptors (Lipinski definition) is 5. The zero-order valence-electron chi connectivity index (χ0n) is 14.0. The van der Waals surface area contributed by atoms with E-state index < -0.39 is 5.97 Å². The maximum Gasteiger partial charge on any atom is 0.331 e. The summed E-state index contributed by atoms with van der Waals surface area (Å²) in [6.07, 6.45) is 3.45. The maximum absolute atomic E-state index is 12.8. The van der Waals surface area contributed by atoms with Gasteiger partial charge < -0.3 is 15.3 Å². The van der Waals surface area contributed by atoms with Crippen LogP contribution in [0, 0.1) is 0 Å². The van der Waals surface area contributed by atoms with Crippen LogP contribution in [0.25, 0.3) is 11.2 Å². The Morgan fingerprint density at radius 2 is 2.12 bits per heavy atom. The van der Waals surface area contributed by atoms with Crippen molar-refractivity contribution in [1.82, 2.24) is 24.3 Å². The van der Waals surface area contributed by atoms with Crippen molar-refractivity contribution >= 4 is 17.1 Å². The number of pyridine rings is 1. The molecule has 3 heterocycles. The van der Waals surface area contributed by atoms with E-state index >= 15 is 0 Å². The molecule has 0 aromatic carbocycles. The van der Waals surface area contributed by atoms with Crippen molar-refractivity contribution in [3.05, 3.63) is 28.3 Å². The van der Waals surface area contributed by atoms with Crippen molar-refractivity contribution in [3.63, 3.8) is 0 Å². The highest BCUT2D eigenvalue weighted by atomic mass is 16.4. The topological polar surface area (TPSA) is 92.4 Å². The van der Waals surface area contributed by atoms with Crippen LogP contribution in [0.2, 0.25) is 0 Å². The molecule has 24 heavy (non-hydrogen) atoms. The van der Waals surface area contributed by atoms with Crippen LogP contribution in [0.1, 0.15) is 24.4 Å². The third-order valence-electron chi connectivity index (χ3n) is 4.33. The minimum Gasteiger partial charge on any atom is -0.480 e. The Bertz CT molecular complexity index is 802. The molecule has 8 nitrogen and oxygen atoms in total. The lowest BCUT2D eigenvalue weighted by molar-refractivity contribution is -0.137. The minimum atomic E-state index is -1.03. The van der Waals surface area contributed by atoms with Gasteiger partial charge in [0, 0.05) is 18.8 Å². The predicted octanol–water partition coefficient (Wildman–Crippen LogP) is 0.269. The molecule has 0 spiro atoms. The summed E-state index contributed by atoms with van der Waals surface area (Å²) in [6.45, 7) is 2.03. The Balaban J connectivity index is 2.15. The summed E-state index contributed by atoms with van der Waals surface area (Å²) in [5.41, 5.74) is 1.85. The van der Waals surface area contributed by atoms with E-state index in [1.807, 2.05) is 25.1 Å². The molecule has 0 bridgehead atoms. The Kier molecular flexibility index (Phi) is 4.68. The molecule has 0 unspecified atom stereocenters. The number of fused-ring (bicyclic) bond motifs is 1. The average Bonchev–Trinajstić information content (AvgIpc) is 2.79. The van der Waals surface area contributed by atoms with Crippen molar-refractivity contribution in [2.45, 2.75) is 32.0 Å². The van der Waals surface area contributed by atoms with Gasteiger partial charge >= 0.3 is 11.7 Å². The lowest BCUT2D eigenvalue weighted by atomic mass is 10.1. The molecular formula is C16H23N5O3. The number of aromatic nitrogens is 3. The van der Waals surface area contributed by atoms with Gasteiger partial charge in [-0.1, -0.05) is 0 Å². The van der Waals surface area contributed by atoms with E-state index in [1.165, 1.54) is 4.57 Å². The van der Waals surface area contributed by atoms with Crippen LogP contribution in [-0.4, -0.2) is 57.3 Å². The first-order chi connectivity index (χ1) is 11.5. The van der Waals surface area contributed by atoms with E-state index in [4.69, 9.17) is 0 Å². The second-order valence-electron chi connectivity index (χ2n) is 6.54. The summed E-state index contributed by atoms with van der Waals surface area (Å²) < 4.78 is 3.00. The van der Waals surface area contributed by atoms with Gasteiger partial charge in [-0.05, 0) is 51.7 Å². The monoisotopic (exact) mass is 333 g/mol. The number of carboxylic acids is 1. The van der Waals surface area contributed by atoms with Crippen LogP contribution in [0.4, 0.5) is 0 Å². The molecule has 0 radical (unpaired) electrons. The van der Waals surface area contributed by atoms with Gasteiger partial charge in [-0.25, -0.2) is 9.78 Å². The van der Waals surface area contributed by atoms with Gasteiger partial charge in [-0.3, -0.25) is 13.9 Å². The van der Waals surface area contributed by atoms with E-state index in [0.717, 1.165) is 31.5 Å². The number of hydrogen-bond donors (Lipinski definition) is 2. The van der Waals surface area contributed by atoms with Crippen molar-refractivity contribution in [2.75, 3.05) is 27.2 Å². The SMILES string of the molecule is CN(C)Cc1cnc2c(c1)n(CC(=O)O)c(=O)n2C1CCNCC1. The number of carbonyl (C=O) groups is 1. The third-order valence-corrected chi connectivity index (χ3v) is 4.33. The van der Waals surface area contributed by atoms with Crippen molar-refractivity contribution in [1.29, 1.82) is 0 Å². The highest BCUT2D eigenvalue weighted by Gasteiger charge is 2.24.